The van der Waals surface area contributed by atoms with Crippen LogP contribution >= 0.6 is 0 Å². The van der Waals surface area contributed by atoms with Crippen molar-refractivity contribution < 1.29 is 9.66 Å². The molecule has 0 saturated carbocycles. The molecule has 1 heterocycles. The third-order valence-corrected chi connectivity index (χ3v) is 4.66. The lowest BCUT2D eigenvalue weighted by Crippen LogP contribution is -2.48. The molecule has 0 aromatic heterocycles. The Bertz CT molecular complexity index is 780. The molecule has 1 fully saturated rings. The van der Waals surface area contributed by atoms with Gasteiger partial charge in [-0.3, -0.25) is 10.1 Å². The molecule has 0 radical (unpaired) electrons. The summed E-state index contributed by atoms with van der Waals surface area (Å²) in [5.74, 6) is 0.945. The molecule has 1 aliphatic heterocycles. The van der Waals surface area contributed by atoms with Gasteiger partial charge in [0, 0.05) is 30.6 Å². The summed E-state index contributed by atoms with van der Waals surface area (Å²) < 4.78 is 5.49. The first-order valence-corrected chi connectivity index (χ1v) is 8.70. The number of rotatable bonds is 4. The van der Waals surface area contributed by atoms with E-state index in [9.17, 15) is 10.1 Å². The van der Waals surface area contributed by atoms with Gasteiger partial charge >= 0.3 is 0 Å². The van der Waals surface area contributed by atoms with Gasteiger partial charge in [0.25, 0.3) is 5.69 Å². The molecule has 2 aromatic carbocycles. The van der Waals surface area contributed by atoms with Gasteiger partial charge < -0.3 is 9.64 Å². The summed E-state index contributed by atoms with van der Waals surface area (Å²) >= 11 is 0. The van der Waals surface area contributed by atoms with Gasteiger partial charge in [-0.1, -0.05) is 30.3 Å². The molecule has 6 nitrogen and oxygen atoms in total. The van der Waals surface area contributed by atoms with Gasteiger partial charge in [0.05, 0.1) is 23.8 Å². The molecule has 1 aliphatic rings. The molecule has 136 valence electrons. The second kappa shape index (κ2) is 7.66. The van der Waals surface area contributed by atoms with Gasteiger partial charge in [0.1, 0.15) is 5.84 Å². The highest BCUT2D eigenvalue weighted by Crippen LogP contribution is 2.30. The fourth-order valence-electron chi connectivity index (χ4n) is 3.14. The molecule has 0 N–H and O–H groups in total. The van der Waals surface area contributed by atoms with Crippen LogP contribution in [0.25, 0.3) is 0 Å². The average Bonchev–Trinajstić information content (AvgIpc) is 2.67. The van der Waals surface area contributed by atoms with Crippen LogP contribution in [0, 0.1) is 10.1 Å². The lowest BCUT2D eigenvalue weighted by molar-refractivity contribution is -0.384. The number of aliphatic imine (C=N–C) groups is 1. The highest BCUT2D eigenvalue weighted by atomic mass is 16.6. The lowest BCUT2D eigenvalue weighted by atomic mass is 9.82. The maximum atomic E-state index is 10.9. The van der Waals surface area contributed by atoms with E-state index in [0.29, 0.717) is 18.9 Å². The van der Waals surface area contributed by atoms with Gasteiger partial charge in [-0.15, -0.1) is 0 Å². The van der Waals surface area contributed by atoms with Crippen LogP contribution in [0.4, 0.5) is 11.4 Å². The van der Waals surface area contributed by atoms with Crippen molar-refractivity contribution in [3.05, 3.63) is 70.3 Å². The van der Waals surface area contributed by atoms with E-state index in [2.05, 4.69) is 30.9 Å². The van der Waals surface area contributed by atoms with Crippen molar-refractivity contribution >= 4 is 17.2 Å². The second-order valence-corrected chi connectivity index (χ2v) is 6.80. The molecular formula is C20H23N3O3. The summed E-state index contributed by atoms with van der Waals surface area (Å²) in [5.41, 5.74) is 1.65. The number of hydrogen-bond acceptors (Lipinski definition) is 4. The molecular weight excluding hydrogens is 330 g/mol. The Labute approximate surface area is 153 Å². The van der Waals surface area contributed by atoms with Gasteiger partial charge in [-0.05, 0) is 31.5 Å². The normalized spacial score (nSPS) is 15.8. The van der Waals surface area contributed by atoms with E-state index in [1.807, 2.05) is 18.2 Å². The Morgan fingerprint density at radius 1 is 1.08 bits per heavy atom. The van der Waals surface area contributed by atoms with Crippen molar-refractivity contribution in [1.29, 1.82) is 0 Å². The smallest absolute Gasteiger partial charge is 0.269 e. The lowest BCUT2D eigenvalue weighted by Gasteiger charge is -2.38. The van der Waals surface area contributed by atoms with Crippen LogP contribution in [0.3, 0.4) is 0 Å². The van der Waals surface area contributed by atoms with E-state index in [0.717, 1.165) is 18.9 Å². The molecule has 2 aromatic rings. The SMILES string of the molecule is CC(C)(C(=Nc1ccc([N+](=O)[O-])cc1)N1CCOCC1)c1ccccc1. The standard InChI is InChI=1S/C20H23N3O3/c1-20(2,16-6-4-3-5-7-16)19(22-12-14-26-15-13-22)21-17-8-10-18(11-9-17)23(24)25/h3-11H,12-15H2,1-2H3. The number of hydrogen-bond donors (Lipinski definition) is 0. The highest BCUT2D eigenvalue weighted by Gasteiger charge is 2.32. The van der Waals surface area contributed by atoms with Crippen molar-refractivity contribution in [2.45, 2.75) is 19.3 Å². The van der Waals surface area contributed by atoms with E-state index in [1.165, 1.54) is 17.7 Å². The number of nitro benzene ring substituents is 1. The van der Waals surface area contributed by atoms with Crippen LogP contribution in [-0.4, -0.2) is 42.0 Å². The van der Waals surface area contributed by atoms with Crippen molar-refractivity contribution in [3.63, 3.8) is 0 Å². The van der Waals surface area contributed by atoms with Gasteiger partial charge in [-0.25, -0.2) is 4.99 Å². The van der Waals surface area contributed by atoms with Crippen LogP contribution in [0.5, 0.6) is 0 Å². The van der Waals surface area contributed by atoms with Gasteiger partial charge in [0.2, 0.25) is 0 Å². The number of amidine groups is 1. The van der Waals surface area contributed by atoms with Crippen LogP contribution < -0.4 is 0 Å². The summed E-state index contributed by atoms with van der Waals surface area (Å²) in [5, 5.41) is 10.9. The monoisotopic (exact) mass is 353 g/mol. The summed E-state index contributed by atoms with van der Waals surface area (Å²) in [7, 11) is 0. The van der Waals surface area contributed by atoms with Gasteiger partial charge in [-0.2, -0.15) is 0 Å². The minimum Gasteiger partial charge on any atom is -0.378 e. The summed E-state index contributed by atoms with van der Waals surface area (Å²) in [6.07, 6.45) is 0. The van der Waals surface area contributed by atoms with Crippen molar-refractivity contribution in [2.24, 2.45) is 4.99 Å². The Morgan fingerprint density at radius 2 is 1.69 bits per heavy atom. The van der Waals surface area contributed by atoms with Crippen molar-refractivity contribution in [2.75, 3.05) is 26.3 Å². The first-order chi connectivity index (χ1) is 12.5. The molecule has 0 spiro atoms. The van der Waals surface area contributed by atoms with E-state index in [4.69, 9.17) is 9.73 Å². The first-order valence-electron chi connectivity index (χ1n) is 8.70. The zero-order chi connectivity index (χ0) is 18.6. The third-order valence-electron chi connectivity index (χ3n) is 4.66. The minimum atomic E-state index is -0.399. The Hall–Kier alpha value is -2.73. The molecule has 0 unspecified atom stereocenters. The number of morpholine rings is 1. The van der Waals surface area contributed by atoms with Crippen LogP contribution in [0.2, 0.25) is 0 Å². The molecule has 26 heavy (non-hydrogen) atoms. The highest BCUT2D eigenvalue weighted by molar-refractivity contribution is 5.94. The number of non-ortho nitro benzene ring substituents is 1. The molecule has 3 rings (SSSR count). The number of nitro groups is 1. The van der Waals surface area contributed by atoms with E-state index in [-0.39, 0.29) is 11.1 Å². The van der Waals surface area contributed by atoms with E-state index in [1.54, 1.807) is 12.1 Å². The van der Waals surface area contributed by atoms with Crippen molar-refractivity contribution in [1.82, 2.24) is 4.90 Å². The van der Waals surface area contributed by atoms with Crippen LogP contribution in [0.1, 0.15) is 19.4 Å². The topological polar surface area (TPSA) is 68.0 Å². The van der Waals surface area contributed by atoms with Crippen LogP contribution in [0.15, 0.2) is 59.6 Å². The zero-order valence-corrected chi connectivity index (χ0v) is 15.1. The summed E-state index contributed by atoms with van der Waals surface area (Å²) in [6, 6.07) is 16.6. The summed E-state index contributed by atoms with van der Waals surface area (Å²) in [4.78, 5) is 17.6. The van der Waals surface area contributed by atoms with Crippen LogP contribution in [-0.2, 0) is 10.2 Å². The molecule has 0 atom stereocenters. The molecule has 1 saturated heterocycles. The average molecular weight is 353 g/mol. The Kier molecular flexibility index (Phi) is 5.32. The third kappa shape index (κ3) is 3.91. The molecule has 0 aliphatic carbocycles. The largest absolute Gasteiger partial charge is 0.378 e. The molecule has 0 bridgehead atoms. The second-order valence-electron chi connectivity index (χ2n) is 6.80. The van der Waals surface area contributed by atoms with E-state index >= 15 is 0 Å². The predicted molar refractivity (Wildman–Crippen MR) is 102 cm³/mol. The Balaban J connectivity index is 2.01. The number of benzene rings is 2. The van der Waals surface area contributed by atoms with Crippen molar-refractivity contribution in [3.8, 4) is 0 Å². The maximum Gasteiger partial charge on any atom is 0.269 e. The fourth-order valence-corrected chi connectivity index (χ4v) is 3.14. The molecule has 6 heteroatoms. The fraction of sp³-hybridized carbons (Fsp3) is 0.350. The van der Waals surface area contributed by atoms with Gasteiger partial charge in [0.15, 0.2) is 0 Å². The molecule has 0 amide bonds. The maximum absolute atomic E-state index is 10.9. The van der Waals surface area contributed by atoms with E-state index < -0.39 is 4.92 Å². The predicted octanol–water partition coefficient (Wildman–Crippen LogP) is 3.93. The zero-order valence-electron chi connectivity index (χ0n) is 15.1. The number of nitrogens with zero attached hydrogens (tertiary/aromatic N) is 3. The quantitative estimate of drug-likeness (QED) is 0.361. The number of ether oxygens (including phenoxy) is 1. The first kappa shape index (κ1) is 18.1. The Morgan fingerprint density at radius 3 is 2.27 bits per heavy atom. The minimum absolute atomic E-state index is 0.0687. The summed E-state index contributed by atoms with van der Waals surface area (Å²) in [6.45, 7) is 7.21.